The summed E-state index contributed by atoms with van der Waals surface area (Å²) < 4.78 is 32.7. The van der Waals surface area contributed by atoms with Gasteiger partial charge in [0.1, 0.15) is 23.1 Å². The maximum Gasteiger partial charge on any atom is 0.315 e. The first-order valence-electron chi connectivity index (χ1n) is 13.3. The van der Waals surface area contributed by atoms with E-state index in [0.29, 0.717) is 52.8 Å². The third kappa shape index (κ3) is 4.00. The first-order valence-corrected chi connectivity index (χ1v) is 13.3. The zero-order chi connectivity index (χ0) is 27.4. The molecular weight excluding hydrogens is 499 g/mol. The molecule has 1 aliphatic heterocycles. The Hall–Kier alpha value is -3.78. The van der Waals surface area contributed by atoms with E-state index in [9.17, 15) is 14.3 Å². The number of benzene rings is 3. The van der Waals surface area contributed by atoms with Crippen LogP contribution in [0.5, 0.6) is 17.2 Å². The van der Waals surface area contributed by atoms with Crippen molar-refractivity contribution in [1.29, 1.82) is 0 Å². The molecule has 2 saturated carbocycles. The fourth-order valence-electron chi connectivity index (χ4n) is 6.39. The highest BCUT2D eigenvalue weighted by Crippen LogP contribution is 2.68. The smallest absolute Gasteiger partial charge is 0.315 e. The zero-order valence-corrected chi connectivity index (χ0v) is 22.3. The summed E-state index contributed by atoms with van der Waals surface area (Å²) in [4.78, 5) is 13.1. The molecule has 3 aromatic carbocycles. The summed E-state index contributed by atoms with van der Waals surface area (Å²) in [6.45, 7) is 2.57. The molecule has 204 valence electrons. The molecule has 6 rings (SSSR count). The minimum absolute atomic E-state index is 0.305. The Balaban J connectivity index is 1.56. The summed E-state index contributed by atoms with van der Waals surface area (Å²) in [6.07, 6.45) is 2.51. The van der Waals surface area contributed by atoms with E-state index in [2.05, 4.69) is 10.6 Å². The van der Waals surface area contributed by atoms with Gasteiger partial charge in [-0.3, -0.25) is 0 Å². The van der Waals surface area contributed by atoms with Crippen LogP contribution in [-0.4, -0.2) is 37.9 Å². The molecule has 0 unspecified atom stereocenters. The van der Waals surface area contributed by atoms with Crippen LogP contribution in [0.15, 0.2) is 60.7 Å². The molecule has 2 amide bonds. The third-order valence-corrected chi connectivity index (χ3v) is 8.46. The molecule has 3 aliphatic rings. The van der Waals surface area contributed by atoms with Gasteiger partial charge in [-0.05, 0) is 55.4 Å². The summed E-state index contributed by atoms with van der Waals surface area (Å²) >= 11 is 0. The van der Waals surface area contributed by atoms with E-state index in [0.717, 1.165) is 18.4 Å². The molecule has 2 aliphatic carbocycles. The summed E-state index contributed by atoms with van der Waals surface area (Å²) in [6, 6.07) is 16.4. The van der Waals surface area contributed by atoms with Crippen LogP contribution in [0.3, 0.4) is 0 Å². The SMILES string of the molecule is COc1cc(OC)c2c(c1)O[C@@]1(c3ccc(C)cc3)[C@H](c3cccc(F)c3)C[C@H](NC(=O)NCC3CC3)[C@@]21O. The fraction of sp³-hybridized carbons (Fsp3) is 0.387. The predicted molar refractivity (Wildman–Crippen MR) is 144 cm³/mol. The average Bonchev–Trinajstić information content (AvgIpc) is 3.68. The van der Waals surface area contributed by atoms with E-state index in [-0.39, 0.29) is 11.8 Å². The minimum atomic E-state index is -1.76. The number of fused-ring (bicyclic) bond motifs is 3. The predicted octanol–water partition coefficient (Wildman–Crippen LogP) is 4.89. The molecule has 0 radical (unpaired) electrons. The number of halogens is 1. The second-order valence-electron chi connectivity index (χ2n) is 10.9. The highest BCUT2D eigenvalue weighted by atomic mass is 19.1. The minimum Gasteiger partial charge on any atom is -0.496 e. The van der Waals surface area contributed by atoms with Crippen LogP contribution in [0.2, 0.25) is 0 Å². The molecular formula is C31H33FN2O5. The monoisotopic (exact) mass is 532 g/mol. The van der Waals surface area contributed by atoms with Crippen molar-refractivity contribution in [2.75, 3.05) is 20.8 Å². The van der Waals surface area contributed by atoms with Crippen LogP contribution in [-0.2, 0) is 11.2 Å². The van der Waals surface area contributed by atoms with Crippen LogP contribution in [0.4, 0.5) is 9.18 Å². The first-order chi connectivity index (χ1) is 18.8. The number of carbonyl (C=O) groups excluding carboxylic acids is 1. The van der Waals surface area contributed by atoms with Crippen molar-refractivity contribution in [3.63, 3.8) is 0 Å². The van der Waals surface area contributed by atoms with Gasteiger partial charge in [0.2, 0.25) is 0 Å². The van der Waals surface area contributed by atoms with Crippen LogP contribution >= 0.6 is 0 Å². The number of aliphatic hydroxyl groups is 1. The molecule has 0 spiro atoms. The Morgan fingerprint density at radius 2 is 1.87 bits per heavy atom. The molecule has 3 N–H and O–H groups in total. The second kappa shape index (κ2) is 9.45. The van der Waals surface area contributed by atoms with Crippen molar-refractivity contribution in [2.45, 2.75) is 49.3 Å². The van der Waals surface area contributed by atoms with Gasteiger partial charge < -0.3 is 30.0 Å². The van der Waals surface area contributed by atoms with Crippen LogP contribution in [0, 0.1) is 18.7 Å². The van der Waals surface area contributed by atoms with Gasteiger partial charge in [-0.15, -0.1) is 0 Å². The van der Waals surface area contributed by atoms with Gasteiger partial charge in [0.15, 0.2) is 11.2 Å². The number of ether oxygens (including phenoxy) is 3. The lowest BCUT2D eigenvalue weighted by atomic mass is 9.70. The van der Waals surface area contributed by atoms with Gasteiger partial charge in [-0.1, -0.05) is 42.0 Å². The number of methoxy groups -OCH3 is 2. The number of urea groups is 1. The van der Waals surface area contributed by atoms with Crippen LogP contribution in [0.25, 0.3) is 0 Å². The summed E-state index contributed by atoms with van der Waals surface area (Å²) in [5, 5.41) is 19.1. The Morgan fingerprint density at radius 3 is 2.54 bits per heavy atom. The number of carbonyl (C=O) groups is 1. The summed E-state index contributed by atoms with van der Waals surface area (Å²) in [5.74, 6) is 0.868. The second-order valence-corrected chi connectivity index (χ2v) is 10.9. The van der Waals surface area contributed by atoms with Gasteiger partial charge in [0, 0.05) is 24.6 Å². The molecule has 8 heteroatoms. The van der Waals surface area contributed by atoms with E-state index < -0.39 is 23.2 Å². The Morgan fingerprint density at radius 1 is 1.10 bits per heavy atom. The van der Waals surface area contributed by atoms with Crippen molar-refractivity contribution >= 4 is 6.03 Å². The van der Waals surface area contributed by atoms with E-state index in [4.69, 9.17) is 14.2 Å². The maximum atomic E-state index is 14.6. The van der Waals surface area contributed by atoms with Crippen molar-refractivity contribution in [3.8, 4) is 17.2 Å². The van der Waals surface area contributed by atoms with Crippen molar-refractivity contribution < 1.29 is 28.5 Å². The molecule has 0 saturated heterocycles. The third-order valence-electron chi connectivity index (χ3n) is 8.46. The topological polar surface area (TPSA) is 89.0 Å². The van der Waals surface area contributed by atoms with Crippen molar-refractivity contribution in [3.05, 3.63) is 88.7 Å². The Kier molecular flexibility index (Phi) is 6.18. The normalized spacial score (nSPS) is 26.8. The molecule has 7 nitrogen and oxygen atoms in total. The number of amides is 2. The van der Waals surface area contributed by atoms with E-state index in [1.165, 1.54) is 19.2 Å². The largest absolute Gasteiger partial charge is 0.496 e. The molecule has 39 heavy (non-hydrogen) atoms. The summed E-state index contributed by atoms with van der Waals surface area (Å²) in [7, 11) is 3.07. The van der Waals surface area contributed by atoms with E-state index in [1.807, 2.05) is 37.3 Å². The van der Waals surface area contributed by atoms with E-state index >= 15 is 0 Å². The number of nitrogens with one attached hydrogen (secondary N) is 2. The lowest BCUT2D eigenvalue weighted by Gasteiger charge is -2.41. The molecule has 3 aromatic rings. The van der Waals surface area contributed by atoms with Gasteiger partial charge in [0.25, 0.3) is 0 Å². The first kappa shape index (κ1) is 25.5. The van der Waals surface area contributed by atoms with Crippen LogP contribution in [0.1, 0.15) is 47.4 Å². The van der Waals surface area contributed by atoms with Crippen molar-refractivity contribution in [1.82, 2.24) is 10.6 Å². The van der Waals surface area contributed by atoms with Gasteiger partial charge in [-0.25, -0.2) is 9.18 Å². The standard InChI is InChI=1S/C31H33FN2O5/c1-18-7-11-21(12-8-18)31-24(20-5-4-6-22(32)13-20)16-27(34-29(35)33-17-19-9-10-19)30(31,36)28-25(38-3)14-23(37-2)15-26(28)39-31/h4-8,11-15,19,24,27,36H,9-10,16-17H2,1-3H3,(H2,33,34,35)/t24-,27-,30+,31-/m0/s1. The number of hydrogen-bond acceptors (Lipinski definition) is 5. The maximum absolute atomic E-state index is 14.6. The number of rotatable bonds is 7. The highest BCUT2D eigenvalue weighted by molar-refractivity contribution is 5.75. The lowest BCUT2D eigenvalue weighted by molar-refractivity contribution is -0.116. The zero-order valence-electron chi connectivity index (χ0n) is 22.3. The van der Waals surface area contributed by atoms with Gasteiger partial charge in [-0.2, -0.15) is 0 Å². The van der Waals surface area contributed by atoms with Gasteiger partial charge >= 0.3 is 6.03 Å². The molecule has 2 fully saturated rings. The number of hydrogen-bond donors (Lipinski definition) is 3. The molecule has 1 heterocycles. The lowest BCUT2D eigenvalue weighted by Crippen LogP contribution is -2.57. The molecule has 0 aromatic heterocycles. The Bertz CT molecular complexity index is 1410. The van der Waals surface area contributed by atoms with Gasteiger partial charge in [0.05, 0.1) is 25.8 Å². The average molecular weight is 533 g/mol. The highest BCUT2D eigenvalue weighted by Gasteiger charge is 2.74. The Labute approximate surface area is 227 Å². The van der Waals surface area contributed by atoms with Crippen molar-refractivity contribution in [2.24, 2.45) is 5.92 Å². The van der Waals surface area contributed by atoms with E-state index in [1.54, 1.807) is 25.3 Å². The molecule has 4 atom stereocenters. The quantitative estimate of drug-likeness (QED) is 0.403. The number of aryl methyl sites for hydroxylation is 1. The fourth-order valence-corrected chi connectivity index (χ4v) is 6.39. The summed E-state index contributed by atoms with van der Waals surface area (Å²) in [5.41, 5.74) is -0.311. The molecule has 0 bridgehead atoms. The van der Waals surface area contributed by atoms with Crippen LogP contribution < -0.4 is 24.8 Å².